The number of carbonyl (C=O) groups excluding carboxylic acids is 2. The van der Waals surface area contributed by atoms with Crippen molar-refractivity contribution in [2.75, 3.05) is 39.3 Å². The highest BCUT2D eigenvalue weighted by molar-refractivity contribution is 5.96. The summed E-state index contributed by atoms with van der Waals surface area (Å²) < 4.78 is 21.2. The molecule has 2 N–H and O–H groups in total. The Morgan fingerprint density at radius 3 is 2.64 bits per heavy atom. The van der Waals surface area contributed by atoms with Gasteiger partial charge >= 0.3 is 11.9 Å². The summed E-state index contributed by atoms with van der Waals surface area (Å²) in [6.07, 6.45) is 0.178. The molecule has 0 amide bonds. The number of hydrogen-bond acceptors (Lipinski definition) is 8. The molecule has 0 fully saturated rings. The van der Waals surface area contributed by atoms with Gasteiger partial charge < -0.3 is 24.7 Å². The molecule has 0 aliphatic heterocycles. The Balaban J connectivity index is 2.44. The van der Waals surface area contributed by atoms with E-state index in [1.807, 2.05) is 6.92 Å². The number of ether oxygens (including phenoxy) is 4. The smallest absolute Gasteiger partial charge is 0.347 e. The largest absolute Gasteiger partial charge is 0.472 e. The van der Waals surface area contributed by atoms with E-state index in [4.69, 9.17) is 19.9 Å². The first-order chi connectivity index (χ1) is 10.5. The number of nitrogen functional groups attached to an aromatic ring is 1. The second-order valence-corrected chi connectivity index (χ2v) is 4.20. The third kappa shape index (κ3) is 4.92. The summed E-state index contributed by atoms with van der Waals surface area (Å²) in [6, 6.07) is 0. The first-order valence-electron chi connectivity index (χ1n) is 6.78. The first-order valence-corrected chi connectivity index (χ1v) is 6.78. The molecule has 124 valence electrons. The number of nitrogens with two attached hydrogens (primary N) is 1. The van der Waals surface area contributed by atoms with Gasteiger partial charge in [-0.05, 0) is 6.92 Å². The summed E-state index contributed by atoms with van der Waals surface area (Å²) in [5.74, 6) is -0.854. The van der Waals surface area contributed by atoms with Crippen LogP contribution in [0.5, 0.6) is 5.88 Å². The van der Waals surface area contributed by atoms with Crippen LogP contribution in [0.3, 0.4) is 0 Å². The van der Waals surface area contributed by atoms with Gasteiger partial charge in [-0.1, -0.05) is 0 Å². The summed E-state index contributed by atoms with van der Waals surface area (Å²) in [5.41, 5.74) is 5.77. The van der Waals surface area contributed by atoms with Crippen LogP contribution in [0.4, 0.5) is 5.82 Å². The zero-order valence-electron chi connectivity index (χ0n) is 13.0. The van der Waals surface area contributed by atoms with Crippen LogP contribution in [-0.4, -0.2) is 55.3 Å². The van der Waals surface area contributed by atoms with Gasteiger partial charge in [0, 0.05) is 13.7 Å². The lowest BCUT2D eigenvalue weighted by molar-refractivity contribution is -0.145. The van der Waals surface area contributed by atoms with Crippen molar-refractivity contribution in [3.05, 3.63) is 5.56 Å². The Hall–Kier alpha value is -2.29. The van der Waals surface area contributed by atoms with E-state index in [2.05, 4.69) is 9.84 Å². The summed E-state index contributed by atoms with van der Waals surface area (Å²) in [7, 11) is 2.81. The molecule has 1 aromatic rings. The van der Waals surface area contributed by atoms with Gasteiger partial charge in [0.1, 0.15) is 19.0 Å². The van der Waals surface area contributed by atoms with Crippen LogP contribution >= 0.6 is 0 Å². The zero-order chi connectivity index (χ0) is 16.5. The molecule has 22 heavy (non-hydrogen) atoms. The highest BCUT2D eigenvalue weighted by atomic mass is 16.6. The van der Waals surface area contributed by atoms with Crippen molar-refractivity contribution >= 4 is 17.8 Å². The van der Waals surface area contributed by atoms with Crippen molar-refractivity contribution in [1.29, 1.82) is 0 Å². The number of rotatable bonds is 9. The third-order valence-electron chi connectivity index (χ3n) is 2.69. The predicted octanol–water partition coefficient (Wildman–Crippen LogP) is 0.138. The molecule has 0 aliphatic rings. The van der Waals surface area contributed by atoms with Crippen LogP contribution < -0.4 is 10.5 Å². The van der Waals surface area contributed by atoms with Crippen molar-refractivity contribution in [3.63, 3.8) is 0 Å². The monoisotopic (exact) mass is 315 g/mol. The number of hydrogen-bond donors (Lipinski definition) is 1. The van der Waals surface area contributed by atoms with Gasteiger partial charge in [0.05, 0.1) is 20.1 Å². The third-order valence-corrected chi connectivity index (χ3v) is 2.69. The lowest BCUT2D eigenvalue weighted by atomic mass is 10.3. The second-order valence-electron chi connectivity index (χ2n) is 4.20. The van der Waals surface area contributed by atoms with E-state index in [1.54, 1.807) is 7.05 Å². The van der Waals surface area contributed by atoms with E-state index in [1.165, 1.54) is 11.8 Å². The fourth-order valence-corrected chi connectivity index (χ4v) is 1.57. The molecule has 1 aromatic heterocycles. The van der Waals surface area contributed by atoms with Crippen molar-refractivity contribution in [1.82, 2.24) is 9.78 Å². The Bertz CT molecular complexity index is 514. The van der Waals surface area contributed by atoms with E-state index in [0.717, 1.165) is 0 Å². The van der Waals surface area contributed by atoms with Crippen LogP contribution in [0, 0.1) is 0 Å². The fourth-order valence-electron chi connectivity index (χ4n) is 1.57. The van der Waals surface area contributed by atoms with Crippen LogP contribution in [0.1, 0.15) is 23.7 Å². The number of carbonyl (C=O) groups is 2. The molecule has 0 saturated carbocycles. The number of aryl methyl sites for hydroxylation is 1. The molecule has 0 spiro atoms. The molecule has 0 atom stereocenters. The molecule has 0 radical (unpaired) electrons. The lowest BCUT2D eigenvalue weighted by Crippen LogP contribution is -2.15. The highest BCUT2D eigenvalue weighted by Gasteiger charge is 2.23. The standard InChI is InChI=1S/C13H21N3O6/c1-4-20-6-5-9(17)21-7-8-22-12-10(13(18)19-3)11(14)16(2)15-12/h4-8,14H2,1-3H3. The minimum atomic E-state index is -0.644. The minimum absolute atomic E-state index is 0.0298. The molecule has 0 aromatic carbocycles. The molecule has 1 rings (SSSR count). The van der Waals surface area contributed by atoms with Crippen LogP contribution in [0.2, 0.25) is 0 Å². The highest BCUT2D eigenvalue weighted by Crippen LogP contribution is 2.23. The summed E-state index contributed by atoms with van der Waals surface area (Å²) in [4.78, 5) is 23.0. The molecule has 1 heterocycles. The molecule has 0 saturated heterocycles. The lowest BCUT2D eigenvalue weighted by Gasteiger charge is -2.06. The maximum Gasteiger partial charge on any atom is 0.347 e. The fraction of sp³-hybridized carbons (Fsp3) is 0.615. The maximum absolute atomic E-state index is 11.6. The molecule has 9 nitrogen and oxygen atoms in total. The van der Waals surface area contributed by atoms with Gasteiger partial charge in [-0.15, -0.1) is 5.10 Å². The summed E-state index contributed by atoms with van der Waals surface area (Å²) in [6.45, 7) is 2.78. The number of methoxy groups -OCH3 is 1. The quantitative estimate of drug-likeness (QED) is 0.505. The number of anilines is 1. The van der Waals surface area contributed by atoms with E-state index < -0.39 is 5.97 Å². The van der Waals surface area contributed by atoms with E-state index in [9.17, 15) is 9.59 Å². The number of aromatic nitrogens is 2. The zero-order valence-corrected chi connectivity index (χ0v) is 13.0. The van der Waals surface area contributed by atoms with Gasteiger partial charge in [0.2, 0.25) is 5.88 Å². The summed E-state index contributed by atoms with van der Waals surface area (Å²) in [5, 5.41) is 3.96. The van der Waals surface area contributed by atoms with E-state index in [0.29, 0.717) is 13.2 Å². The molecular weight excluding hydrogens is 294 g/mol. The Morgan fingerprint density at radius 1 is 1.27 bits per heavy atom. The normalized spacial score (nSPS) is 10.3. The maximum atomic E-state index is 11.6. The first kappa shape index (κ1) is 17.8. The molecule has 0 aliphatic carbocycles. The van der Waals surface area contributed by atoms with Crippen molar-refractivity contribution in [3.8, 4) is 5.88 Å². The van der Waals surface area contributed by atoms with E-state index in [-0.39, 0.29) is 42.9 Å². The van der Waals surface area contributed by atoms with Crippen LogP contribution in [-0.2, 0) is 26.1 Å². The van der Waals surface area contributed by atoms with Crippen molar-refractivity contribution < 1.29 is 28.5 Å². The second kappa shape index (κ2) is 8.88. The average Bonchev–Trinajstić information content (AvgIpc) is 2.78. The molecule has 0 bridgehead atoms. The number of nitrogens with zero attached hydrogens (tertiary/aromatic N) is 2. The SMILES string of the molecule is CCOCCC(=O)OCCOc1nn(C)c(N)c1C(=O)OC. The predicted molar refractivity (Wildman–Crippen MR) is 76.5 cm³/mol. The van der Waals surface area contributed by atoms with Crippen molar-refractivity contribution in [2.24, 2.45) is 7.05 Å². The van der Waals surface area contributed by atoms with Gasteiger partial charge in [0.15, 0.2) is 5.56 Å². The topological polar surface area (TPSA) is 115 Å². The Morgan fingerprint density at radius 2 is 2.00 bits per heavy atom. The van der Waals surface area contributed by atoms with Gasteiger partial charge in [-0.25, -0.2) is 9.48 Å². The Kier molecular flexibility index (Phi) is 7.17. The van der Waals surface area contributed by atoms with E-state index >= 15 is 0 Å². The summed E-state index contributed by atoms with van der Waals surface area (Å²) >= 11 is 0. The van der Waals surface area contributed by atoms with Gasteiger partial charge in [0.25, 0.3) is 0 Å². The average molecular weight is 315 g/mol. The van der Waals surface area contributed by atoms with Gasteiger partial charge in [-0.2, -0.15) is 0 Å². The minimum Gasteiger partial charge on any atom is -0.472 e. The van der Waals surface area contributed by atoms with Crippen molar-refractivity contribution in [2.45, 2.75) is 13.3 Å². The molecular formula is C13H21N3O6. The number of esters is 2. The van der Waals surface area contributed by atoms with Crippen LogP contribution in [0.15, 0.2) is 0 Å². The van der Waals surface area contributed by atoms with Gasteiger partial charge in [-0.3, -0.25) is 4.79 Å². The van der Waals surface area contributed by atoms with Crippen LogP contribution in [0.25, 0.3) is 0 Å². The molecule has 0 unspecified atom stereocenters. The molecule has 9 heteroatoms. The Labute approximate surface area is 128 Å².